The van der Waals surface area contributed by atoms with E-state index in [9.17, 15) is 0 Å². The first-order chi connectivity index (χ1) is 23.3. The smallest absolute Gasteiger partial charge is 0.118 e. The zero-order valence-corrected chi connectivity index (χ0v) is 29.9. The van der Waals surface area contributed by atoms with Gasteiger partial charge in [-0.2, -0.15) is 0 Å². The van der Waals surface area contributed by atoms with Gasteiger partial charge in [-0.05, 0) is 94.7 Å². The fourth-order valence-corrected chi connectivity index (χ4v) is 7.58. The summed E-state index contributed by atoms with van der Waals surface area (Å²) < 4.78 is 5.41. The van der Waals surface area contributed by atoms with Gasteiger partial charge in [-0.15, -0.1) is 0 Å². The van der Waals surface area contributed by atoms with E-state index in [1.807, 2.05) is 12.1 Å². The van der Waals surface area contributed by atoms with Crippen LogP contribution in [0.15, 0.2) is 97.1 Å². The molecule has 1 aliphatic rings. The lowest BCUT2D eigenvalue weighted by Gasteiger charge is -2.36. The van der Waals surface area contributed by atoms with Gasteiger partial charge in [-0.1, -0.05) is 105 Å². The Morgan fingerprint density at radius 3 is 2.04 bits per heavy atom. The van der Waals surface area contributed by atoms with Crippen LogP contribution in [0.3, 0.4) is 0 Å². The molecule has 0 bridgehead atoms. The van der Waals surface area contributed by atoms with Gasteiger partial charge < -0.3 is 16.2 Å². The Balaban J connectivity index is 1.25. The molecule has 4 aromatic carbocycles. The van der Waals surface area contributed by atoms with Crippen molar-refractivity contribution < 1.29 is 4.74 Å². The molecule has 4 N–H and O–H groups in total. The molecule has 4 aromatic rings. The molecule has 5 rings (SSSR count). The van der Waals surface area contributed by atoms with E-state index >= 15 is 0 Å². The second-order valence-corrected chi connectivity index (χ2v) is 14.7. The van der Waals surface area contributed by atoms with Crippen LogP contribution in [0.4, 0.5) is 0 Å². The molecule has 3 unspecified atom stereocenters. The van der Waals surface area contributed by atoms with Crippen LogP contribution >= 0.6 is 11.6 Å². The Hall–Kier alpha value is -3.19. The number of benzene rings is 4. The predicted molar refractivity (Wildman–Crippen MR) is 201 cm³/mol. The molecule has 6 heteroatoms. The summed E-state index contributed by atoms with van der Waals surface area (Å²) in [6, 6.07) is 34.6. The third-order valence-corrected chi connectivity index (χ3v) is 9.98. The van der Waals surface area contributed by atoms with Crippen molar-refractivity contribution in [2.24, 2.45) is 29.2 Å². The van der Waals surface area contributed by atoms with Crippen LogP contribution < -0.4 is 16.2 Å². The van der Waals surface area contributed by atoms with Crippen LogP contribution in [-0.4, -0.2) is 30.0 Å². The minimum absolute atomic E-state index is 0.0406. The van der Waals surface area contributed by atoms with Gasteiger partial charge in [-0.3, -0.25) is 9.80 Å². The Kier molecular flexibility index (Phi) is 13.5. The summed E-state index contributed by atoms with van der Waals surface area (Å²) in [5.74, 6) is 2.55. The standard InChI is InChI=1S/C42H55ClN4O/c1-31(2)25-46(26-32-13-17-40(43)18-14-32)29-36-9-5-11-38(22-36)42(45)39-12-6-10-37(23-39)30-47(27-33-15-19-41(48-3)20-16-33)28-35-8-4-7-34(21-35)24-44/h4-5,7-9,11,13-22,31,37,39,42H,6,10,12,23-30,44-45H2,1-3H3. The molecule has 256 valence electrons. The van der Waals surface area contributed by atoms with E-state index in [0.717, 1.165) is 56.5 Å². The third kappa shape index (κ3) is 10.9. The van der Waals surface area contributed by atoms with Crippen molar-refractivity contribution in [3.63, 3.8) is 0 Å². The molecule has 1 saturated carbocycles. The lowest BCUT2D eigenvalue weighted by molar-refractivity contribution is 0.153. The molecule has 48 heavy (non-hydrogen) atoms. The third-order valence-electron chi connectivity index (χ3n) is 9.73. The molecule has 5 nitrogen and oxygen atoms in total. The highest BCUT2D eigenvalue weighted by Crippen LogP contribution is 2.37. The van der Waals surface area contributed by atoms with Crippen LogP contribution in [0.1, 0.15) is 79.0 Å². The number of ether oxygens (including phenoxy) is 1. The van der Waals surface area contributed by atoms with Gasteiger partial charge in [0, 0.05) is 56.9 Å². The molecular weight excluding hydrogens is 612 g/mol. The van der Waals surface area contributed by atoms with E-state index in [1.165, 1.54) is 52.6 Å². The number of methoxy groups -OCH3 is 1. The Morgan fingerprint density at radius 2 is 1.35 bits per heavy atom. The normalized spacial score (nSPS) is 17.3. The largest absolute Gasteiger partial charge is 0.497 e. The predicted octanol–water partition coefficient (Wildman–Crippen LogP) is 8.97. The molecule has 1 fully saturated rings. The SMILES string of the molecule is COc1ccc(CN(Cc2cccc(CN)c2)CC2CCCC(C(N)c3cccc(CN(Cc4ccc(Cl)cc4)CC(C)C)c3)C2)cc1. The van der Waals surface area contributed by atoms with Crippen molar-refractivity contribution in [3.8, 4) is 5.75 Å². The maximum absolute atomic E-state index is 7.12. The maximum Gasteiger partial charge on any atom is 0.118 e. The molecule has 0 aromatic heterocycles. The van der Waals surface area contributed by atoms with Gasteiger partial charge in [0.25, 0.3) is 0 Å². The van der Waals surface area contributed by atoms with Crippen molar-refractivity contribution >= 4 is 11.6 Å². The molecule has 0 saturated heterocycles. The number of nitrogens with two attached hydrogens (primary N) is 2. The van der Waals surface area contributed by atoms with Crippen molar-refractivity contribution in [3.05, 3.63) is 135 Å². The van der Waals surface area contributed by atoms with Crippen molar-refractivity contribution in [2.45, 2.75) is 78.3 Å². The topological polar surface area (TPSA) is 67.8 Å². The zero-order valence-electron chi connectivity index (χ0n) is 29.2. The van der Waals surface area contributed by atoms with Gasteiger partial charge in [0.05, 0.1) is 7.11 Å². The van der Waals surface area contributed by atoms with Gasteiger partial charge in [0.2, 0.25) is 0 Å². The molecule has 0 radical (unpaired) electrons. The monoisotopic (exact) mass is 666 g/mol. The number of nitrogens with zero attached hydrogens (tertiary/aromatic N) is 2. The minimum Gasteiger partial charge on any atom is -0.497 e. The van der Waals surface area contributed by atoms with Gasteiger partial charge in [0.1, 0.15) is 5.75 Å². The summed E-state index contributed by atoms with van der Waals surface area (Å²) in [5.41, 5.74) is 20.8. The number of rotatable bonds is 16. The molecule has 3 atom stereocenters. The summed E-state index contributed by atoms with van der Waals surface area (Å²) in [4.78, 5) is 5.15. The summed E-state index contributed by atoms with van der Waals surface area (Å²) in [6.07, 6.45) is 4.82. The van der Waals surface area contributed by atoms with Crippen LogP contribution in [0.25, 0.3) is 0 Å². The highest BCUT2D eigenvalue weighted by atomic mass is 35.5. The zero-order chi connectivity index (χ0) is 33.9. The first-order valence-corrected chi connectivity index (χ1v) is 18.1. The summed E-state index contributed by atoms with van der Waals surface area (Å²) in [6.45, 7) is 10.8. The second kappa shape index (κ2) is 18.0. The molecular formula is C42H55ClN4O. The Bertz CT molecular complexity index is 1540. The Labute approximate surface area is 294 Å². The highest BCUT2D eigenvalue weighted by molar-refractivity contribution is 6.30. The quantitative estimate of drug-likeness (QED) is 0.125. The molecule has 0 aliphatic heterocycles. The summed E-state index contributed by atoms with van der Waals surface area (Å²) >= 11 is 6.16. The summed E-state index contributed by atoms with van der Waals surface area (Å²) in [5, 5.41) is 0.781. The van der Waals surface area contributed by atoms with E-state index in [-0.39, 0.29) is 6.04 Å². The molecule has 0 heterocycles. The fraction of sp³-hybridized carbons (Fsp3) is 0.429. The lowest BCUT2D eigenvalue weighted by atomic mass is 9.76. The van der Waals surface area contributed by atoms with Crippen molar-refractivity contribution in [2.75, 3.05) is 20.2 Å². The van der Waals surface area contributed by atoms with Crippen LogP contribution in [-0.2, 0) is 32.7 Å². The van der Waals surface area contributed by atoms with Crippen molar-refractivity contribution in [1.29, 1.82) is 0 Å². The fourth-order valence-electron chi connectivity index (χ4n) is 7.46. The first kappa shape index (κ1) is 36.1. The number of hydrogen-bond donors (Lipinski definition) is 2. The van der Waals surface area contributed by atoms with Gasteiger partial charge in [0.15, 0.2) is 0 Å². The molecule has 0 spiro atoms. The minimum atomic E-state index is 0.0406. The van der Waals surface area contributed by atoms with Crippen LogP contribution in [0.2, 0.25) is 5.02 Å². The van der Waals surface area contributed by atoms with Crippen molar-refractivity contribution in [1.82, 2.24) is 9.80 Å². The average Bonchev–Trinajstić information content (AvgIpc) is 3.09. The molecule has 1 aliphatic carbocycles. The van der Waals surface area contributed by atoms with E-state index in [0.29, 0.717) is 24.3 Å². The van der Waals surface area contributed by atoms with Gasteiger partial charge >= 0.3 is 0 Å². The molecule has 0 amide bonds. The van der Waals surface area contributed by atoms with E-state index in [2.05, 4.69) is 109 Å². The lowest BCUT2D eigenvalue weighted by Crippen LogP contribution is -2.34. The van der Waals surface area contributed by atoms with E-state index in [1.54, 1.807) is 7.11 Å². The van der Waals surface area contributed by atoms with E-state index < -0.39 is 0 Å². The maximum atomic E-state index is 7.12. The Morgan fingerprint density at radius 1 is 0.750 bits per heavy atom. The highest BCUT2D eigenvalue weighted by Gasteiger charge is 2.29. The van der Waals surface area contributed by atoms with Crippen LogP contribution in [0, 0.1) is 17.8 Å². The number of halogens is 1. The first-order valence-electron chi connectivity index (χ1n) is 17.7. The van der Waals surface area contributed by atoms with Crippen LogP contribution in [0.5, 0.6) is 5.75 Å². The average molecular weight is 667 g/mol. The van der Waals surface area contributed by atoms with E-state index in [4.69, 9.17) is 27.8 Å². The van der Waals surface area contributed by atoms with Gasteiger partial charge in [-0.25, -0.2) is 0 Å². The number of hydrogen-bond acceptors (Lipinski definition) is 5. The second-order valence-electron chi connectivity index (χ2n) is 14.3. The summed E-state index contributed by atoms with van der Waals surface area (Å²) in [7, 11) is 1.72.